The van der Waals surface area contributed by atoms with E-state index in [0.29, 0.717) is 18.0 Å². The summed E-state index contributed by atoms with van der Waals surface area (Å²) >= 11 is 0. The average molecular weight is 290 g/mol. The minimum absolute atomic E-state index is 0.174. The van der Waals surface area contributed by atoms with Crippen molar-refractivity contribution >= 4 is 17.4 Å². The summed E-state index contributed by atoms with van der Waals surface area (Å²) in [6.45, 7) is 5.64. The molecule has 0 saturated heterocycles. The molecule has 0 aliphatic carbocycles. The number of aromatic nitrogens is 2. The second kappa shape index (κ2) is 6.13. The molecule has 2 heterocycles. The van der Waals surface area contributed by atoms with E-state index < -0.39 is 5.97 Å². The summed E-state index contributed by atoms with van der Waals surface area (Å²) in [5.74, 6) is -0.426. The molecule has 0 aliphatic heterocycles. The second-order valence-electron chi connectivity index (χ2n) is 5.42. The molecule has 1 atom stereocenters. The number of imidazole rings is 1. The minimum atomic E-state index is -0.959. The first-order chi connectivity index (χ1) is 9.95. The molecule has 0 spiro atoms. The Hall–Kier alpha value is -2.08. The quantitative estimate of drug-likeness (QED) is 0.879. The van der Waals surface area contributed by atoms with Crippen molar-refractivity contribution in [1.29, 1.82) is 0 Å². The third-order valence-electron chi connectivity index (χ3n) is 3.49. The third-order valence-corrected chi connectivity index (χ3v) is 3.49. The van der Waals surface area contributed by atoms with Gasteiger partial charge in [0.1, 0.15) is 5.65 Å². The van der Waals surface area contributed by atoms with E-state index >= 15 is 0 Å². The van der Waals surface area contributed by atoms with Crippen molar-refractivity contribution in [3.05, 3.63) is 30.1 Å². The molecule has 0 radical (unpaired) electrons. The van der Waals surface area contributed by atoms with Gasteiger partial charge in [0.05, 0.1) is 0 Å². The Balaban J connectivity index is 2.52. The first-order valence-corrected chi connectivity index (χ1v) is 7.07. The van der Waals surface area contributed by atoms with Crippen LogP contribution in [-0.2, 0) is 0 Å². The normalized spacial score (nSPS) is 12.8. The summed E-state index contributed by atoms with van der Waals surface area (Å²) in [6.07, 6.45) is 1.74. The van der Waals surface area contributed by atoms with Gasteiger partial charge in [0.25, 0.3) is 0 Å². The Kier molecular flexibility index (Phi) is 4.47. The van der Waals surface area contributed by atoms with Crippen molar-refractivity contribution in [3.8, 4) is 0 Å². The van der Waals surface area contributed by atoms with Crippen molar-refractivity contribution < 1.29 is 9.90 Å². The van der Waals surface area contributed by atoms with Gasteiger partial charge in [0.15, 0.2) is 11.5 Å². The molecule has 0 aromatic carbocycles. The number of carboxylic acids is 1. The Morgan fingerprint density at radius 2 is 2.14 bits per heavy atom. The SMILES string of the molecule is CCN(c1nc2ccccn2c1C(=O)O)C(C)CN(C)C. The fourth-order valence-corrected chi connectivity index (χ4v) is 2.68. The van der Waals surface area contributed by atoms with Crippen LogP contribution in [0.3, 0.4) is 0 Å². The van der Waals surface area contributed by atoms with Crippen LogP contribution < -0.4 is 4.90 Å². The molecule has 0 saturated carbocycles. The number of likely N-dealkylation sites (N-methyl/N-ethyl adjacent to an activating group) is 2. The molecule has 6 heteroatoms. The molecule has 2 aromatic heterocycles. The zero-order valence-electron chi connectivity index (χ0n) is 12.9. The smallest absolute Gasteiger partial charge is 0.356 e. The monoisotopic (exact) mass is 290 g/mol. The number of nitrogens with zero attached hydrogens (tertiary/aromatic N) is 4. The van der Waals surface area contributed by atoms with Crippen LogP contribution in [0.25, 0.3) is 5.65 Å². The Labute approximate surface area is 124 Å². The van der Waals surface area contributed by atoms with Crippen LogP contribution in [-0.4, -0.2) is 58.6 Å². The van der Waals surface area contributed by atoms with Crippen molar-refractivity contribution in [2.24, 2.45) is 0 Å². The van der Waals surface area contributed by atoms with E-state index in [0.717, 1.165) is 6.54 Å². The highest BCUT2D eigenvalue weighted by Crippen LogP contribution is 2.23. The number of pyridine rings is 1. The Morgan fingerprint density at radius 1 is 1.43 bits per heavy atom. The molecule has 0 bridgehead atoms. The van der Waals surface area contributed by atoms with E-state index in [1.54, 1.807) is 10.6 Å². The molecule has 2 rings (SSSR count). The van der Waals surface area contributed by atoms with E-state index in [2.05, 4.69) is 16.8 Å². The number of carbonyl (C=O) groups is 1. The third kappa shape index (κ3) is 3.00. The van der Waals surface area contributed by atoms with Crippen LogP contribution in [0.15, 0.2) is 24.4 Å². The number of anilines is 1. The molecule has 1 N–H and O–H groups in total. The Bertz CT molecular complexity index is 636. The molecule has 2 aromatic rings. The van der Waals surface area contributed by atoms with E-state index in [9.17, 15) is 9.90 Å². The van der Waals surface area contributed by atoms with Gasteiger partial charge in [0, 0.05) is 25.3 Å². The van der Waals surface area contributed by atoms with Crippen molar-refractivity contribution in [3.63, 3.8) is 0 Å². The maximum Gasteiger partial charge on any atom is 0.356 e. The van der Waals surface area contributed by atoms with Gasteiger partial charge in [0.2, 0.25) is 0 Å². The number of carboxylic acid groups (broad SMARTS) is 1. The van der Waals surface area contributed by atoms with Crippen LogP contribution in [0.4, 0.5) is 5.82 Å². The number of aromatic carboxylic acids is 1. The molecule has 0 amide bonds. The predicted octanol–water partition coefficient (Wildman–Crippen LogP) is 1.81. The first-order valence-electron chi connectivity index (χ1n) is 7.07. The zero-order valence-corrected chi connectivity index (χ0v) is 12.9. The van der Waals surface area contributed by atoms with Gasteiger partial charge in [-0.1, -0.05) is 6.07 Å². The average Bonchev–Trinajstić information content (AvgIpc) is 2.77. The van der Waals surface area contributed by atoms with Crippen LogP contribution in [0.2, 0.25) is 0 Å². The van der Waals surface area contributed by atoms with Crippen molar-refractivity contribution in [2.45, 2.75) is 19.9 Å². The minimum Gasteiger partial charge on any atom is -0.476 e. The van der Waals surface area contributed by atoms with Crippen LogP contribution in [0.1, 0.15) is 24.3 Å². The summed E-state index contributed by atoms with van der Waals surface area (Å²) in [4.78, 5) is 20.3. The van der Waals surface area contributed by atoms with Gasteiger partial charge in [-0.25, -0.2) is 9.78 Å². The molecule has 1 unspecified atom stereocenters. The van der Waals surface area contributed by atoms with E-state index in [1.165, 1.54) is 0 Å². The van der Waals surface area contributed by atoms with Crippen LogP contribution in [0, 0.1) is 0 Å². The van der Waals surface area contributed by atoms with E-state index in [-0.39, 0.29) is 11.7 Å². The number of hydrogen-bond acceptors (Lipinski definition) is 4. The molecule has 6 nitrogen and oxygen atoms in total. The highest BCUT2D eigenvalue weighted by atomic mass is 16.4. The largest absolute Gasteiger partial charge is 0.476 e. The number of hydrogen-bond donors (Lipinski definition) is 1. The summed E-state index contributed by atoms with van der Waals surface area (Å²) < 4.78 is 1.63. The fourth-order valence-electron chi connectivity index (χ4n) is 2.68. The topological polar surface area (TPSA) is 61.1 Å². The van der Waals surface area contributed by atoms with Gasteiger partial charge >= 0.3 is 5.97 Å². The predicted molar refractivity (Wildman–Crippen MR) is 83.2 cm³/mol. The highest BCUT2D eigenvalue weighted by Gasteiger charge is 2.25. The summed E-state index contributed by atoms with van der Waals surface area (Å²) in [7, 11) is 4.01. The molecule has 114 valence electrons. The number of rotatable bonds is 6. The van der Waals surface area contributed by atoms with E-state index in [4.69, 9.17) is 0 Å². The first kappa shape index (κ1) is 15.3. The lowest BCUT2D eigenvalue weighted by Gasteiger charge is -2.30. The highest BCUT2D eigenvalue weighted by molar-refractivity contribution is 5.93. The van der Waals surface area contributed by atoms with Gasteiger partial charge < -0.3 is 14.9 Å². The van der Waals surface area contributed by atoms with Gasteiger partial charge in [-0.05, 0) is 40.1 Å². The lowest BCUT2D eigenvalue weighted by molar-refractivity contribution is 0.0690. The molecule has 21 heavy (non-hydrogen) atoms. The number of fused-ring (bicyclic) bond motifs is 1. The standard InChI is InChI=1S/C15H22N4O2/c1-5-18(11(2)10-17(3)4)14-13(15(20)21)19-9-7-6-8-12(19)16-14/h6-9,11H,5,10H2,1-4H3,(H,20,21). The van der Waals surface area contributed by atoms with Gasteiger partial charge in [-0.3, -0.25) is 4.40 Å². The van der Waals surface area contributed by atoms with Gasteiger partial charge in [-0.2, -0.15) is 0 Å². The summed E-state index contributed by atoms with van der Waals surface area (Å²) in [5, 5.41) is 9.56. The maximum atomic E-state index is 11.7. The van der Waals surface area contributed by atoms with Gasteiger partial charge in [-0.15, -0.1) is 0 Å². The molecule has 0 aliphatic rings. The lowest BCUT2D eigenvalue weighted by Crippen LogP contribution is -2.41. The molecular formula is C15H22N4O2. The van der Waals surface area contributed by atoms with E-state index in [1.807, 2.05) is 44.1 Å². The van der Waals surface area contributed by atoms with Crippen LogP contribution >= 0.6 is 0 Å². The molecule has 0 fully saturated rings. The maximum absolute atomic E-state index is 11.7. The zero-order chi connectivity index (χ0) is 15.6. The molecular weight excluding hydrogens is 268 g/mol. The Morgan fingerprint density at radius 3 is 2.71 bits per heavy atom. The summed E-state index contributed by atoms with van der Waals surface area (Å²) in [5.41, 5.74) is 0.874. The fraction of sp³-hybridized carbons (Fsp3) is 0.467. The second-order valence-corrected chi connectivity index (χ2v) is 5.42. The lowest BCUT2D eigenvalue weighted by atomic mass is 10.2. The van der Waals surface area contributed by atoms with Crippen molar-refractivity contribution in [1.82, 2.24) is 14.3 Å². The summed E-state index contributed by atoms with van der Waals surface area (Å²) in [6, 6.07) is 5.66. The van der Waals surface area contributed by atoms with Crippen molar-refractivity contribution in [2.75, 3.05) is 32.1 Å². The van der Waals surface area contributed by atoms with Crippen LogP contribution in [0.5, 0.6) is 0 Å².